The van der Waals surface area contributed by atoms with Crippen LogP contribution < -0.4 is 5.46 Å². The molecule has 0 aromatic heterocycles. The molecule has 0 radical (unpaired) electrons. The van der Waals surface area contributed by atoms with Gasteiger partial charge in [0.1, 0.15) is 5.82 Å². The van der Waals surface area contributed by atoms with Crippen LogP contribution in [0.25, 0.3) is 0 Å². The standard InChI is InChI=1S/C13H17BClFO2/c1-8-6-9(11(15)10(16)7-8)14-17-12(2,3)13(4,5)18-14/h6-7H,1-5H3. The third kappa shape index (κ3) is 2.17. The largest absolute Gasteiger partial charge is 0.496 e. The SMILES string of the molecule is Cc1cc(F)c(Cl)c(B2OC(C)(C)C(C)(C)O2)c1. The Labute approximate surface area is 113 Å². The zero-order valence-electron chi connectivity index (χ0n) is 11.3. The lowest BCUT2D eigenvalue weighted by molar-refractivity contribution is 0.00578. The first-order valence-electron chi connectivity index (χ1n) is 5.95. The second kappa shape index (κ2) is 4.22. The molecule has 0 amide bonds. The average molecular weight is 271 g/mol. The Bertz CT molecular complexity index is 472. The minimum Gasteiger partial charge on any atom is -0.399 e. The quantitative estimate of drug-likeness (QED) is 0.730. The van der Waals surface area contributed by atoms with Gasteiger partial charge in [-0.05, 0) is 46.2 Å². The summed E-state index contributed by atoms with van der Waals surface area (Å²) in [4.78, 5) is 0. The number of rotatable bonds is 1. The van der Waals surface area contributed by atoms with Gasteiger partial charge >= 0.3 is 7.12 Å². The van der Waals surface area contributed by atoms with E-state index in [1.54, 1.807) is 6.07 Å². The van der Waals surface area contributed by atoms with Crippen molar-refractivity contribution in [2.75, 3.05) is 0 Å². The van der Waals surface area contributed by atoms with E-state index < -0.39 is 24.1 Å². The summed E-state index contributed by atoms with van der Waals surface area (Å²) in [6.07, 6.45) is 0. The van der Waals surface area contributed by atoms with Crippen molar-refractivity contribution in [3.63, 3.8) is 0 Å². The molecular weight excluding hydrogens is 253 g/mol. The van der Waals surface area contributed by atoms with E-state index in [1.807, 2.05) is 34.6 Å². The highest BCUT2D eigenvalue weighted by atomic mass is 35.5. The molecule has 0 bridgehead atoms. The van der Waals surface area contributed by atoms with Crippen LogP contribution in [0.5, 0.6) is 0 Å². The second-order valence-electron chi connectivity index (χ2n) is 5.74. The molecule has 0 atom stereocenters. The van der Waals surface area contributed by atoms with Gasteiger partial charge in [0.2, 0.25) is 0 Å². The molecule has 0 N–H and O–H groups in total. The average Bonchev–Trinajstić information content (AvgIpc) is 2.42. The maximum Gasteiger partial charge on any atom is 0.496 e. The van der Waals surface area contributed by atoms with Gasteiger partial charge in [0.15, 0.2) is 0 Å². The molecule has 1 saturated heterocycles. The van der Waals surface area contributed by atoms with Crippen LogP contribution in [0.15, 0.2) is 12.1 Å². The summed E-state index contributed by atoms with van der Waals surface area (Å²) in [5.74, 6) is -0.443. The van der Waals surface area contributed by atoms with E-state index in [0.29, 0.717) is 5.46 Å². The summed E-state index contributed by atoms with van der Waals surface area (Å²) in [5.41, 5.74) is 0.428. The number of halogens is 2. The summed E-state index contributed by atoms with van der Waals surface area (Å²) in [7, 11) is -0.628. The summed E-state index contributed by atoms with van der Waals surface area (Å²) >= 11 is 6.00. The summed E-state index contributed by atoms with van der Waals surface area (Å²) < 4.78 is 25.4. The number of hydrogen-bond acceptors (Lipinski definition) is 2. The predicted octanol–water partition coefficient (Wildman–Crippen LogP) is 3.09. The first-order valence-corrected chi connectivity index (χ1v) is 6.33. The zero-order valence-corrected chi connectivity index (χ0v) is 12.1. The van der Waals surface area contributed by atoms with Crippen molar-refractivity contribution in [3.8, 4) is 0 Å². The van der Waals surface area contributed by atoms with E-state index in [1.165, 1.54) is 6.07 Å². The Kier molecular flexibility index (Phi) is 3.25. The van der Waals surface area contributed by atoms with E-state index in [-0.39, 0.29) is 5.02 Å². The Morgan fingerprint density at radius 1 is 1.11 bits per heavy atom. The molecule has 1 heterocycles. The van der Waals surface area contributed by atoms with Crippen molar-refractivity contribution in [2.45, 2.75) is 45.8 Å². The lowest BCUT2D eigenvalue weighted by Crippen LogP contribution is -2.41. The predicted molar refractivity (Wildman–Crippen MR) is 71.9 cm³/mol. The molecule has 0 aliphatic carbocycles. The molecule has 1 aromatic carbocycles. The van der Waals surface area contributed by atoms with Crippen LogP contribution in [0.1, 0.15) is 33.3 Å². The van der Waals surface area contributed by atoms with E-state index in [9.17, 15) is 4.39 Å². The highest BCUT2D eigenvalue weighted by Gasteiger charge is 2.52. The van der Waals surface area contributed by atoms with Crippen molar-refractivity contribution in [2.24, 2.45) is 0 Å². The topological polar surface area (TPSA) is 18.5 Å². The van der Waals surface area contributed by atoms with Crippen LogP contribution in [0, 0.1) is 12.7 Å². The number of aryl methyl sites for hydroxylation is 1. The molecule has 2 nitrogen and oxygen atoms in total. The van der Waals surface area contributed by atoms with E-state index >= 15 is 0 Å². The molecule has 18 heavy (non-hydrogen) atoms. The summed E-state index contributed by atoms with van der Waals surface area (Å²) in [6, 6.07) is 3.20. The molecule has 98 valence electrons. The first kappa shape index (κ1) is 13.8. The van der Waals surface area contributed by atoms with Crippen LogP contribution in [0.3, 0.4) is 0 Å². The molecule has 2 rings (SSSR count). The maximum absolute atomic E-state index is 13.6. The van der Waals surface area contributed by atoms with Crippen molar-refractivity contribution in [3.05, 3.63) is 28.5 Å². The van der Waals surface area contributed by atoms with Gasteiger partial charge in [-0.1, -0.05) is 17.7 Å². The van der Waals surface area contributed by atoms with Gasteiger partial charge in [-0.25, -0.2) is 4.39 Å². The number of hydrogen-bond donors (Lipinski definition) is 0. The molecule has 1 aliphatic rings. The van der Waals surface area contributed by atoms with Gasteiger partial charge in [-0.2, -0.15) is 0 Å². The van der Waals surface area contributed by atoms with E-state index in [4.69, 9.17) is 20.9 Å². The highest BCUT2D eigenvalue weighted by molar-refractivity contribution is 6.65. The minimum atomic E-state index is -0.628. The van der Waals surface area contributed by atoms with Crippen molar-refractivity contribution >= 4 is 24.2 Å². The highest BCUT2D eigenvalue weighted by Crippen LogP contribution is 2.37. The minimum absolute atomic E-state index is 0.0686. The fourth-order valence-corrected chi connectivity index (χ4v) is 2.09. The van der Waals surface area contributed by atoms with Gasteiger partial charge < -0.3 is 9.31 Å². The lowest BCUT2D eigenvalue weighted by Gasteiger charge is -2.32. The van der Waals surface area contributed by atoms with Crippen LogP contribution in [0.2, 0.25) is 5.02 Å². The Hall–Kier alpha value is -0.575. The van der Waals surface area contributed by atoms with Crippen molar-refractivity contribution in [1.29, 1.82) is 0 Å². The molecule has 1 aliphatic heterocycles. The van der Waals surface area contributed by atoms with Gasteiger partial charge in [-0.15, -0.1) is 0 Å². The third-order valence-electron chi connectivity index (χ3n) is 3.71. The van der Waals surface area contributed by atoms with Crippen molar-refractivity contribution < 1.29 is 13.7 Å². The molecular formula is C13H17BClFO2. The smallest absolute Gasteiger partial charge is 0.399 e. The number of benzene rings is 1. The Morgan fingerprint density at radius 2 is 1.61 bits per heavy atom. The molecule has 0 unspecified atom stereocenters. The summed E-state index contributed by atoms with van der Waals surface area (Å²) in [6.45, 7) is 9.62. The molecule has 0 spiro atoms. The van der Waals surface area contributed by atoms with Crippen LogP contribution in [0.4, 0.5) is 4.39 Å². The van der Waals surface area contributed by atoms with Crippen LogP contribution in [-0.4, -0.2) is 18.3 Å². The van der Waals surface area contributed by atoms with Gasteiger partial charge in [-0.3, -0.25) is 0 Å². The summed E-state index contributed by atoms with van der Waals surface area (Å²) in [5, 5.41) is 0.0686. The molecule has 5 heteroatoms. The van der Waals surface area contributed by atoms with Gasteiger partial charge in [0.25, 0.3) is 0 Å². The first-order chi connectivity index (χ1) is 8.14. The normalized spacial score (nSPS) is 21.4. The fraction of sp³-hybridized carbons (Fsp3) is 0.538. The lowest BCUT2D eigenvalue weighted by atomic mass is 9.78. The van der Waals surface area contributed by atoms with Crippen LogP contribution >= 0.6 is 11.6 Å². The Balaban J connectivity index is 2.41. The van der Waals surface area contributed by atoms with Gasteiger partial charge in [0.05, 0.1) is 16.2 Å². The van der Waals surface area contributed by atoms with Gasteiger partial charge in [0, 0.05) is 5.46 Å². The van der Waals surface area contributed by atoms with E-state index in [2.05, 4.69) is 0 Å². The maximum atomic E-state index is 13.6. The zero-order chi connectivity index (χ0) is 13.7. The van der Waals surface area contributed by atoms with Crippen LogP contribution in [-0.2, 0) is 9.31 Å². The third-order valence-corrected chi connectivity index (χ3v) is 4.11. The van der Waals surface area contributed by atoms with E-state index in [0.717, 1.165) is 5.56 Å². The molecule has 1 fully saturated rings. The monoisotopic (exact) mass is 270 g/mol. The van der Waals surface area contributed by atoms with Crippen molar-refractivity contribution in [1.82, 2.24) is 0 Å². The fourth-order valence-electron chi connectivity index (χ4n) is 1.89. The molecule has 1 aromatic rings. The molecule has 0 saturated carbocycles. The Morgan fingerprint density at radius 3 is 2.11 bits per heavy atom. The second-order valence-corrected chi connectivity index (χ2v) is 6.12.